The van der Waals surface area contributed by atoms with Crippen LogP contribution in [0.25, 0.3) is 11.1 Å². The number of benzene rings is 3. The number of carbonyl (C=O) groups is 1. The fourth-order valence-electron chi connectivity index (χ4n) is 3.12. The predicted octanol–water partition coefficient (Wildman–Crippen LogP) is 4.90. The number of carbonyl (C=O) groups excluding carboxylic acids is 1. The molecule has 1 aliphatic rings. The SMILES string of the molecule is O=C1O[C@H](c2ccccc2)C(c2ccccc2)=C1c1ccccc1. The van der Waals surface area contributed by atoms with Crippen LogP contribution in [0.1, 0.15) is 22.8 Å². The van der Waals surface area contributed by atoms with Crippen molar-refractivity contribution in [1.82, 2.24) is 0 Å². The van der Waals surface area contributed by atoms with Gasteiger partial charge in [0.1, 0.15) is 0 Å². The highest BCUT2D eigenvalue weighted by Crippen LogP contribution is 2.45. The molecule has 116 valence electrons. The average molecular weight is 312 g/mol. The summed E-state index contributed by atoms with van der Waals surface area (Å²) >= 11 is 0. The van der Waals surface area contributed by atoms with Crippen LogP contribution in [0, 0.1) is 0 Å². The first kappa shape index (κ1) is 14.5. The Balaban J connectivity index is 1.95. The van der Waals surface area contributed by atoms with Crippen LogP contribution in [-0.4, -0.2) is 5.97 Å². The summed E-state index contributed by atoms with van der Waals surface area (Å²) in [5.74, 6) is -0.270. The van der Waals surface area contributed by atoms with Crippen molar-refractivity contribution in [3.05, 3.63) is 108 Å². The van der Waals surface area contributed by atoms with Gasteiger partial charge in [-0.15, -0.1) is 0 Å². The van der Waals surface area contributed by atoms with Crippen molar-refractivity contribution < 1.29 is 9.53 Å². The number of rotatable bonds is 3. The zero-order valence-corrected chi connectivity index (χ0v) is 13.1. The first-order valence-corrected chi connectivity index (χ1v) is 7.95. The smallest absolute Gasteiger partial charge is 0.340 e. The lowest BCUT2D eigenvalue weighted by molar-refractivity contribution is -0.137. The molecule has 0 saturated carbocycles. The van der Waals surface area contributed by atoms with Crippen molar-refractivity contribution in [2.45, 2.75) is 6.10 Å². The Morgan fingerprint density at radius 3 is 1.71 bits per heavy atom. The molecule has 1 atom stereocenters. The second kappa shape index (κ2) is 6.17. The molecule has 2 heteroatoms. The van der Waals surface area contributed by atoms with Crippen molar-refractivity contribution in [3.8, 4) is 0 Å². The van der Waals surface area contributed by atoms with Crippen LogP contribution in [-0.2, 0) is 9.53 Å². The van der Waals surface area contributed by atoms with E-state index in [-0.39, 0.29) is 12.1 Å². The van der Waals surface area contributed by atoms with Gasteiger partial charge in [0.05, 0.1) is 5.57 Å². The number of hydrogen-bond acceptors (Lipinski definition) is 2. The van der Waals surface area contributed by atoms with E-state index in [9.17, 15) is 4.79 Å². The summed E-state index contributed by atoms with van der Waals surface area (Å²) in [5.41, 5.74) is 4.46. The first-order chi connectivity index (χ1) is 11.8. The van der Waals surface area contributed by atoms with E-state index < -0.39 is 0 Å². The largest absolute Gasteiger partial charge is 0.449 e. The van der Waals surface area contributed by atoms with Crippen molar-refractivity contribution >= 4 is 17.1 Å². The summed E-state index contributed by atoms with van der Waals surface area (Å²) in [6, 6.07) is 29.6. The highest BCUT2D eigenvalue weighted by Gasteiger charge is 2.36. The lowest BCUT2D eigenvalue weighted by atomic mass is 9.90. The molecule has 24 heavy (non-hydrogen) atoms. The highest BCUT2D eigenvalue weighted by atomic mass is 16.5. The molecule has 0 fully saturated rings. The van der Waals surface area contributed by atoms with Gasteiger partial charge in [0, 0.05) is 5.57 Å². The van der Waals surface area contributed by atoms with Crippen LogP contribution >= 0.6 is 0 Å². The zero-order valence-electron chi connectivity index (χ0n) is 13.1. The topological polar surface area (TPSA) is 26.3 Å². The maximum atomic E-state index is 12.7. The lowest BCUT2D eigenvalue weighted by Gasteiger charge is -2.15. The number of hydrogen-bond donors (Lipinski definition) is 0. The van der Waals surface area contributed by atoms with Gasteiger partial charge in [-0.2, -0.15) is 0 Å². The second-order valence-electron chi connectivity index (χ2n) is 5.72. The van der Waals surface area contributed by atoms with Gasteiger partial charge in [-0.1, -0.05) is 91.0 Å². The van der Waals surface area contributed by atoms with Gasteiger partial charge in [0.2, 0.25) is 0 Å². The van der Waals surface area contributed by atoms with Crippen molar-refractivity contribution in [2.24, 2.45) is 0 Å². The third-order valence-electron chi connectivity index (χ3n) is 4.21. The van der Waals surface area contributed by atoms with Crippen LogP contribution in [0.5, 0.6) is 0 Å². The molecule has 0 bridgehead atoms. The Morgan fingerprint density at radius 1 is 0.625 bits per heavy atom. The van der Waals surface area contributed by atoms with Crippen molar-refractivity contribution in [2.75, 3.05) is 0 Å². The number of esters is 1. The molecule has 0 aliphatic carbocycles. The molecular weight excluding hydrogens is 296 g/mol. The summed E-state index contributed by atoms with van der Waals surface area (Å²) < 4.78 is 5.77. The van der Waals surface area contributed by atoms with Crippen LogP contribution in [0.2, 0.25) is 0 Å². The molecular formula is C22H16O2. The maximum absolute atomic E-state index is 12.7. The van der Waals surface area contributed by atoms with E-state index in [4.69, 9.17) is 4.74 Å². The van der Waals surface area contributed by atoms with Gasteiger partial charge in [-0.3, -0.25) is 0 Å². The van der Waals surface area contributed by atoms with Gasteiger partial charge >= 0.3 is 5.97 Å². The Kier molecular flexibility index (Phi) is 3.72. The highest BCUT2D eigenvalue weighted by molar-refractivity contribution is 6.28. The fraction of sp³-hybridized carbons (Fsp3) is 0.0455. The van der Waals surface area contributed by atoms with E-state index in [1.54, 1.807) is 0 Å². The average Bonchev–Trinajstić information content (AvgIpc) is 3.01. The summed E-state index contributed by atoms with van der Waals surface area (Å²) in [6.45, 7) is 0. The molecule has 0 radical (unpaired) electrons. The van der Waals surface area contributed by atoms with E-state index in [1.165, 1.54) is 0 Å². The molecule has 1 aliphatic heterocycles. The van der Waals surface area contributed by atoms with Crippen molar-refractivity contribution in [3.63, 3.8) is 0 Å². The molecule has 0 amide bonds. The number of cyclic esters (lactones) is 1. The lowest BCUT2D eigenvalue weighted by Crippen LogP contribution is -2.03. The van der Waals surface area contributed by atoms with Crippen LogP contribution < -0.4 is 0 Å². The Labute approximate surface area is 141 Å². The zero-order chi connectivity index (χ0) is 16.4. The van der Waals surface area contributed by atoms with Crippen LogP contribution in [0.4, 0.5) is 0 Å². The summed E-state index contributed by atoms with van der Waals surface area (Å²) in [6.07, 6.45) is -0.378. The second-order valence-corrected chi connectivity index (χ2v) is 5.72. The standard InChI is InChI=1S/C22H16O2/c23-22-20(17-12-6-2-7-13-17)19(16-10-4-1-5-11-16)21(24-22)18-14-8-3-9-15-18/h1-15,21H/t21-/m1/s1. The molecule has 3 aromatic rings. The van der Waals surface area contributed by atoms with Gasteiger partial charge in [-0.25, -0.2) is 4.79 Å². The summed E-state index contributed by atoms with van der Waals surface area (Å²) in [5, 5.41) is 0. The molecule has 2 nitrogen and oxygen atoms in total. The van der Waals surface area contributed by atoms with Gasteiger partial charge in [-0.05, 0) is 16.7 Å². The van der Waals surface area contributed by atoms with Crippen LogP contribution in [0.15, 0.2) is 91.0 Å². The van der Waals surface area contributed by atoms with Crippen molar-refractivity contribution in [1.29, 1.82) is 0 Å². The van der Waals surface area contributed by atoms with E-state index in [0.29, 0.717) is 5.57 Å². The van der Waals surface area contributed by atoms with E-state index in [1.807, 2.05) is 91.0 Å². The van der Waals surface area contributed by atoms with E-state index in [0.717, 1.165) is 22.3 Å². The minimum Gasteiger partial charge on any atom is -0.449 e. The quantitative estimate of drug-likeness (QED) is 0.643. The third-order valence-corrected chi connectivity index (χ3v) is 4.21. The third kappa shape index (κ3) is 2.52. The minimum absolute atomic E-state index is 0.270. The van der Waals surface area contributed by atoms with Gasteiger partial charge in [0.15, 0.2) is 6.10 Å². The minimum atomic E-state index is -0.378. The molecule has 1 heterocycles. The summed E-state index contributed by atoms with van der Waals surface area (Å²) in [7, 11) is 0. The van der Waals surface area contributed by atoms with Gasteiger partial charge < -0.3 is 4.74 Å². The molecule has 0 saturated heterocycles. The molecule has 3 aromatic carbocycles. The molecule has 0 spiro atoms. The number of ether oxygens (including phenoxy) is 1. The van der Waals surface area contributed by atoms with E-state index >= 15 is 0 Å². The predicted molar refractivity (Wildman–Crippen MR) is 95.0 cm³/mol. The Bertz CT molecular complexity index is 881. The summed E-state index contributed by atoms with van der Waals surface area (Å²) in [4.78, 5) is 12.7. The molecule has 0 N–H and O–H groups in total. The maximum Gasteiger partial charge on any atom is 0.340 e. The normalized spacial score (nSPS) is 17.0. The molecule has 0 unspecified atom stereocenters. The Hall–Kier alpha value is -3.13. The van der Waals surface area contributed by atoms with E-state index in [2.05, 4.69) is 0 Å². The van der Waals surface area contributed by atoms with Gasteiger partial charge in [0.25, 0.3) is 0 Å². The molecule has 0 aromatic heterocycles. The van der Waals surface area contributed by atoms with Crippen LogP contribution in [0.3, 0.4) is 0 Å². The molecule has 4 rings (SSSR count). The Morgan fingerprint density at radius 2 is 1.12 bits per heavy atom. The first-order valence-electron chi connectivity index (χ1n) is 7.95. The fourth-order valence-corrected chi connectivity index (χ4v) is 3.12. The monoisotopic (exact) mass is 312 g/mol.